The summed E-state index contributed by atoms with van der Waals surface area (Å²) in [7, 11) is 0. The molecule has 0 aromatic heterocycles. The number of nitriles is 1. The summed E-state index contributed by atoms with van der Waals surface area (Å²) in [5.41, 5.74) is 1.57. The van der Waals surface area contributed by atoms with Gasteiger partial charge in [0.15, 0.2) is 0 Å². The number of nitrogens with one attached hydrogen (secondary N) is 1. The van der Waals surface area contributed by atoms with Crippen molar-refractivity contribution in [3.05, 3.63) is 74.8 Å². The second-order valence-corrected chi connectivity index (χ2v) is 8.73. The van der Waals surface area contributed by atoms with E-state index in [0.717, 1.165) is 0 Å². The highest BCUT2D eigenvalue weighted by Gasteiger charge is 2.32. The van der Waals surface area contributed by atoms with Crippen LogP contribution in [0.25, 0.3) is 5.70 Å². The SMILES string of the molecule is CC1CN(C(=O)C(C#N)=C2N=C(NC(=O)c3ccc(Cl)cc3Cl)c3ccccc32)CC(C)O1. The molecule has 2 aliphatic heterocycles. The molecule has 4 rings (SSSR count). The molecule has 2 amide bonds. The van der Waals surface area contributed by atoms with Crippen LogP contribution in [0.5, 0.6) is 0 Å². The molecule has 2 atom stereocenters. The van der Waals surface area contributed by atoms with Crippen molar-refractivity contribution >= 4 is 46.5 Å². The molecule has 0 spiro atoms. The van der Waals surface area contributed by atoms with Gasteiger partial charge in [0.2, 0.25) is 0 Å². The van der Waals surface area contributed by atoms with Gasteiger partial charge in [0, 0.05) is 29.2 Å². The zero-order valence-corrected chi connectivity index (χ0v) is 19.4. The zero-order chi connectivity index (χ0) is 23.7. The molecule has 2 aromatic carbocycles. The normalized spacial score (nSPS) is 21.1. The maximum Gasteiger partial charge on any atom is 0.266 e. The minimum absolute atomic E-state index is 0.0856. The molecule has 2 heterocycles. The second kappa shape index (κ2) is 9.36. The van der Waals surface area contributed by atoms with Crippen molar-refractivity contribution in [1.29, 1.82) is 5.26 Å². The first-order chi connectivity index (χ1) is 15.8. The van der Waals surface area contributed by atoms with Crippen molar-refractivity contribution < 1.29 is 14.3 Å². The van der Waals surface area contributed by atoms with Gasteiger partial charge >= 0.3 is 0 Å². The van der Waals surface area contributed by atoms with Crippen LogP contribution in [-0.2, 0) is 9.53 Å². The Hall–Kier alpha value is -3.18. The lowest BCUT2D eigenvalue weighted by atomic mass is 10.0. The number of hydrogen-bond acceptors (Lipinski definition) is 5. The molecule has 0 saturated carbocycles. The number of rotatable bonds is 2. The molecule has 2 unspecified atom stereocenters. The lowest BCUT2D eigenvalue weighted by Crippen LogP contribution is -2.48. The Morgan fingerprint density at radius 2 is 1.79 bits per heavy atom. The number of aliphatic imine (C=N–C) groups is 1. The lowest BCUT2D eigenvalue weighted by molar-refractivity contribution is -0.138. The smallest absolute Gasteiger partial charge is 0.266 e. The van der Waals surface area contributed by atoms with Crippen LogP contribution in [0.2, 0.25) is 10.0 Å². The number of amides is 2. The van der Waals surface area contributed by atoms with Gasteiger partial charge in [0.05, 0.1) is 28.5 Å². The fraction of sp³-hybridized carbons (Fsp3) is 0.250. The highest BCUT2D eigenvalue weighted by molar-refractivity contribution is 6.37. The maximum absolute atomic E-state index is 13.2. The van der Waals surface area contributed by atoms with E-state index in [9.17, 15) is 14.9 Å². The van der Waals surface area contributed by atoms with E-state index in [4.69, 9.17) is 27.9 Å². The fourth-order valence-electron chi connectivity index (χ4n) is 3.97. The number of nitrogens with zero attached hydrogens (tertiary/aromatic N) is 3. The van der Waals surface area contributed by atoms with E-state index in [1.807, 2.05) is 19.9 Å². The summed E-state index contributed by atoms with van der Waals surface area (Å²) in [5.74, 6) is -0.658. The van der Waals surface area contributed by atoms with Crippen molar-refractivity contribution in [2.45, 2.75) is 26.1 Å². The fourth-order valence-corrected chi connectivity index (χ4v) is 4.46. The number of hydrogen-bond donors (Lipinski definition) is 1. The van der Waals surface area contributed by atoms with E-state index in [0.29, 0.717) is 29.2 Å². The van der Waals surface area contributed by atoms with Crippen molar-refractivity contribution in [1.82, 2.24) is 10.2 Å². The molecule has 1 saturated heterocycles. The Balaban J connectivity index is 1.71. The van der Waals surface area contributed by atoms with Crippen LogP contribution in [0, 0.1) is 11.3 Å². The van der Waals surface area contributed by atoms with Crippen LogP contribution in [-0.4, -0.2) is 47.8 Å². The van der Waals surface area contributed by atoms with Crippen LogP contribution >= 0.6 is 23.2 Å². The Morgan fingerprint density at radius 3 is 2.42 bits per heavy atom. The van der Waals surface area contributed by atoms with E-state index < -0.39 is 11.8 Å². The highest BCUT2D eigenvalue weighted by atomic mass is 35.5. The standard InChI is InChI=1S/C24H20Cl2N4O3/c1-13-11-30(12-14(2)33-13)24(32)19(10-27)21-16-5-3-4-6-17(16)22(28-21)29-23(31)18-8-7-15(25)9-20(18)26/h3-9,13-14H,11-12H2,1-2H3,(H,28,29,31). The highest BCUT2D eigenvalue weighted by Crippen LogP contribution is 2.32. The molecule has 0 bridgehead atoms. The van der Waals surface area contributed by atoms with Gasteiger partial charge in [-0.3, -0.25) is 9.59 Å². The summed E-state index contributed by atoms with van der Waals surface area (Å²) in [6.07, 6.45) is -0.276. The van der Waals surface area contributed by atoms with E-state index in [1.54, 1.807) is 35.2 Å². The average Bonchev–Trinajstić information content (AvgIpc) is 3.11. The third-order valence-electron chi connectivity index (χ3n) is 5.34. The van der Waals surface area contributed by atoms with Crippen molar-refractivity contribution in [2.75, 3.05) is 13.1 Å². The Bertz CT molecular complexity index is 1240. The van der Waals surface area contributed by atoms with Crippen molar-refractivity contribution in [3.63, 3.8) is 0 Å². The molecule has 7 nitrogen and oxygen atoms in total. The Labute approximate surface area is 201 Å². The van der Waals surface area contributed by atoms with Gasteiger partial charge in [-0.15, -0.1) is 0 Å². The average molecular weight is 483 g/mol. The first-order valence-electron chi connectivity index (χ1n) is 10.3. The van der Waals surface area contributed by atoms with Gasteiger partial charge in [-0.1, -0.05) is 47.5 Å². The van der Waals surface area contributed by atoms with E-state index in [-0.39, 0.29) is 39.9 Å². The van der Waals surface area contributed by atoms with E-state index in [1.165, 1.54) is 12.1 Å². The molecule has 2 aromatic rings. The van der Waals surface area contributed by atoms with Crippen molar-refractivity contribution in [3.8, 4) is 6.07 Å². The van der Waals surface area contributed by atoms with Gasteiger partial charge in [0.1, 0.15) is 17.5 Å². The molecule has 168 valence electrons. The number of ether oxygens (including phenoxy) is 1. The van der Waals surface area contributed by atoms with Gasteiger partial charge in [-0.05, 0) is 32.0 Å². The molecular formula is C24H20Cl2N4O3. The van der Waals surface area contributed by atoms with Gasteiger partial charge in [-0.25, -0.2) is 4.99 Å². The quantitative estimate of drug-likeness (QED) is 0.515. The largest absolute Gasteiger partial charge is 0.372 e. The van der Waals surface area contributed by atoms with Crippen LogP contribution in [0.4, 0.5) is 0 Å². The minimum atomic E-state index is -0.480. The topological polar surface area (TPSA) is 94.8 Å². The Morgan fingerprint density at radius 1 is 1.12 bits per heavy atom. The second-order valence-electron chi connectivity index (χ2n) is 7.89. The van der Waals surface area contributed by atoms with Crippen LogP contribution < -0.4 is 5.32 Å². The van der Waals surface area contributed by atoms with Crippen LogP contribution in [0.1, 0.15) is 35.3 Å². The number of amidine groups is 1. The predicted octanol–water partition coefficient (Wildman–Crippen LogP) is 4.05. The molecule has 9 heteroatoms. The summed E-state index contributed by atoms with van der Waals surface area (Å²) in [6, 6.07) is 13.7. The summed E-state index contributed by atoms with van der Waals surface area (Å²) in [6.45, 7) is 4.53. The number of morpholine rings is 1. The molecule has 2 aliphatic rings. The number of carbonyl (C=O) groups is 2. The third-order valence-corrected chi connectivity index (χ3v) is 5.89. The van der Waals surface area contributed by atoms with E-state index in [2.05, 4.69) is 10.3 Å². The summed E-state index contributed by atoms with van der Waals surface area (Å²) in [5, 5.41) is 13.2. The Kier molecular flexibility index (Phi) is 6.52. The monoisotopic (exact) mass is 482 g/mol. The third kappa shape index (κ3) is 4.64. The van der Waals surface area contributed by atoms with E-state index >= 15 is 0 Å². The van der Waals surface area contributed by atoms with Gasteiger partial charge in [0.25, 0.3) is 11.8 Å². The first-order valence-corrected chi connectivity index (χ1v) is 11.1. The van der Waals surface area contributed by atoms with Gasteiger partial charge < -0.3 is 15.0 Å². The molecular weight excluding hydrogens is 463 g/mol. The minimum Gasteiger partial charge on any atom is -0.372 e. The molecule has 33 heavy (non-hydrogen) atoms. The first kappa shape index (κ1) is 23.0. The molecule has 0 radical (unpaired) electrons. The number of fused-ring (bicyclic) bond motifs is 1. The summed E-state index contributed by atoms with van der Waals surface area (Å²) < 4.78 is 5.69. The number of halogens is 2. The summed E-state index contributed by atoms with van der Waals surface area (Å²) in [4.78, 5) is 32.2. The van der Waals surface area contributed by atoms with Gasteiger partial charge in [-0.2, -0.15) is 5.26 Å². The van der Waals surface area contributed by atoms with Crippen LogP contribution in [0.3, 0.4) is 0 Å². The molecule has 1 N–H and O–H groups in total. The predicted molar refractivity (Wildman–Crippen MR) is 126 cm³/mol. The van der Waals surface area contributed by atoms with Crippen molar-refractivity contribution in [2.24, 2.45) is 4.99 Å². The zero-order valence-electron chi connectivity index (χ0n) is 17.9. The molecule has 0 aliphatic carbocycles. The van der Waals surface area contributed by atoms with Crippen LogP contribution in [0.15, 0.2) is 53.0 Å². The number of benzene rings is 2. The summed E-state index contributed by atoms with van der Waals surface area (Å²) >= 11 is 12.1. The maximum atomic E-state index is 13.2. The number of carbonyl (C=O) groups excluding carboxylic acids is 2. The molecule has 1 fully saturated rings. The lowest BCUT2D eigenvalue weighted by Gasteiger charge is -2.35.